The Bertz CT molecular complexity index is 880. The van der Waals surface area contributed by atoms with Crippen molar-refractivity contribution in [1.82, 2.24) is 9.55 Å². The molecular formula is C20H23N3O. The normalized spacial score (nSPS) is 11.0. The summed E-state index contributed by atoms with van der Waals surface area (Å²) in [5.74, 6) is 0.942. The Kier molecular flexibility index (Phi) is 4.65. The molecule has 0 radical (unpaired) electrons. The number of carbonyl (C=O) groups is 1. The first kappa shape index (κ1) is 16.2. The number of anilines is 1. The Hall–Kier alpha value is -2.62. The molecule has 0 unspecified atom stereocenters. The summed E-state index contributed by atoms with van der Waals surface area (Å²) in [6.45, 7) is 6.47. The predicted molar refractivity (Wildman–Crippen MR) is 98.3 cm³/mol. The molecule has 4 nitrogen and oxygen atoms in total. The summed E-state index contributed by atoms with van der Waals surface area (Å²) < 4.78 is 2.03. The number of amides is 1. The van der Waals surface area contributed by atoms with Crippen molar-refractivity contribution in [2.24, 2.45) is 0 Å². The molecule has 0 aliphatic rings. The lowest BCUT2D eigenvalue weighted by atomic mass is 10.1. The van der Waals surface area contributed by atoms with Crippen LogP contribution in [0.1, 0.15) is 30.3 Å². The number of aryl methyl sites for hydroxylation is 3. The molecule has 0 fully saturated rings. The minimum atomic E-state index is -0.0255. The van der Waals surface area contributed by atoms with Gasteiger partial charge in [-0.25, -0.2) is 4.98 Å². The largest absolute Gasteiger partial charge is 0.324 e. The molecule has 0 saturated heterocycles. The molecule has 0 aliphatic heterocycles. The second-order valence-corrected chi connectivity index (χ2v) is 6.22. The highest BCUT2D eigenvalue weighted by Gasteiger charge is 2.13. The van der Waals surface area contributed by atoms with E-state index in [4.69, 9.17) is 0 Å². The molecule has 3 rings (SSSR count). The van der Waals surface area contributed by atoms with Crippen molar-refractivity contribution in [3.63, 3.8) is 0 Å². The van der Waals surface area contributed by atoms with Crippen LogP contribution in [0.2, 0.25) is 0 Å². The van der Waals surface area contributed by atoms with E-state index in [1.807, 2.05) is 54.8 Å². The van der Waals surface area contributed by atoms with Crippen LogP contribution in [0.15, 0.2) is 42.5 Å². The molecule has 2 aromatic carbocycles. The van der Waals surface area contributed by atoms with E-state index < -0.39 is 0 Å². The van der Waals surface area contributed by atoms with Gasteiger partial charge in [-0.2, -0.15) is 0 Å². The van der Waals surface area contributed by atoms with Gasteiger partial charge in [0, 0.05) is 12.1 Å². The number of rotatable bonds is 5. The van der Waals surface area contributed by atoms with Crippen molar-refractivity contribution in [3.05, 3.63) is 59.4 Å². The van der Waals surface area contributed by atoms with E-state index in [1.165, 1.54) is 5.56 Å². The molecule has 0 spiro atoms. The number of para-hydroxylation sites is 2. The summed E-state index contributed by atoms with van der Waals surface area (Å²) in [5, 5.41) is 3.02. The molecule has 1 aromatic heterocycles. The van der Waals surface area contributed by atoms with E-state index in [0.717, 1.165) is 41.0 Å². The Balaban J connectivity index is 1.85. The number of hydrogen-bond donors (Lipinski definition) is 1. The number of nitrogens with one attached hydrogen (secondary N) is 1. The van der Waals surface area contributed by atoms with Gasteiger partial charge in [-0.1, -0.05) is 36.8 Å². The summed E-state index contributed by atoms with van der Waals surface area (Å²) in [7, 11) is 0. The SMILES string of the molecule is CCCc1nc2ccccc2n1CC(=O)Nc1ccc(C)cc1C. The van der Waals surface area contributed by atoms with Crippen LogP contribution in [0.4, 0.5) is 5.69 Å². The summed E-state index contributed by atoms with van der Waals surface area (Å²) in [4.78, 5) is 17.2. The predicted octanol–water partition coefficient (Wildman–Crippen LogP) is 4.24. The summed E-state index contributed by atoms with van der Waals surface area (Å²) in [5.41, 5.74) is 5.09. The number of imidazole rings is 1. The smallest absolute Gasteiger partial charge is 0.244 e. The zero-order valence-electron chi connectivity index (χ0n) is 14.5. The van der Waals surface area contributed by atoms with Gasteiger partial charge in [-0.3, -0.25) is 4.79 Å². The highest BCUT2D eigenvalue weighted by molar-refractivity contribution is 5.92. The highest BCUT2D eigenvalue weighted by atomic mass is 16.1. The molecule has 0 aliphatic carbocycles. The molecule has 1 N–H and O–H groups in total. The maximum atomic E-state index is 12.6. The molecule has 1 amide bonds. The molecule has 1 heterocycles. The first-order valence-corrected chi connectivity index (χ1v) is 8.39. The van der Waals surface area contributed by atoms with Gasteiger partial charge in [0.1, 0.15) is 12.4 Å². The zero-order chi connectivity index (χ0) is 17.1. The van der Waals surface area contributed by atoms with E-state index in [-0.39, 0.29) is 12.5 Å². The number of fused-ring (bicyclic) bond motifs is 1. The van der Waals surface area contributed by atoms with Crippen LogP contribution in [0.5, 0.6) is 0 Å². The standard InChI is InChI=1S/C20H23N3O/c1-4-7-19-21-17-8-5-6-9-18(17)23(19)13-20(24)22-16-11-10-14(2)12-15(16)3/h5-6,8-12H,4,7,13H2,1-3H3,(H,22,24). The second-order valence-electron chi connectivity index (χ2n) is 6.22. The van der Waals surface area contributed by atoms with Crippen LogP contribution in [0, 0.1) is 13.8 Å². The Labute approximate surface area is 142 Å². The fraction of sp³-hybridized carbons (Fsp3) is 0.300. The van der Waals surface area contributed by atoms with Gasteiger partial charge in [0.2, 0.25) is 5.91 Å². The first-order chi connectivity index (χ1) is 11.6. The van der Waals surface area contributed by atoms with Crippen molar-refractivity contribution < 1.29 is 4.79 Å². The van der Waals surface area contributed by atoms with E-state index in [1.54, 1.807) is 0 Å². The fourth-order valence-electron chi connectivity index (χ4n) is 3.00. The molecule has 124 valence electrons. The number of hydrogen-bond acceptors (Lipinski definition) is 2. The van der Waals surface area contributed by atoms with E-state index in [0.29, 0.717) is 0 Å². The van der Waals surface area contributed by atoms with Gasteiger partial charge in [-0.05, 0) is 44.0 Å². The Morgan fingerprint density at radius 3 is 2.71 bits per heavy atom. The fourth-order valence-corrected chi connectivity index (χ4v) is 3.00. The highest BCUT2D eigenvalue weighted by Crippen LogP contribution is 2.19. The third kappa shape index (κ3) is 3.32. The minimum Gasteiger partial charge on any atom is -0.324 e. The van der Waals surface area contributed by atoms with Gasteiger partial charge < -0.3 is 9.88 Å². The van der Waals surface area contributed by atoms with Crippen molar-refractivity contribution in [2.75, 3.05) is 5.32 Å². The van der Waals surface area contributed by atoms with E-state index in [9.17, 15) is 4.79 Å². The maximum Gasteiger partial charge on any atom is 0.244 e. The molecule has 0 saturated carbocycles. The molecule has 24 heavy (non-hydrogen) atoms. The van der Waals surface area contributed by atoms with Crippen molar-refractivity contribution in [3.8, 4) is 0 Å². The average molecular weight is 321 g/mol. The third-order valence-corrected chi connectivity index (χ3v) is 4.16. The Morgan fingerprint density at radius 2 is 1.96 bits per heavy atom. The summed E-state index contributed by atoms with van der Waals surface area (Å²) in [6.07, 6.45) is 1.87. The number of carbonyl (C=O) groups excluding carboxylic acids is 1. The van der Waals surface area contributed by atoms with Crippen molar-refractivity contribution in [1.29, 1.82) is 0 Å². The lowest BCUT2D eigenvalue weighted by Crippen LogP contribution is -2.20. The van der Waals surface area contributed by atoms with Crippen LogP contribution < -0.4 is 5.32 Å². The third-order valence-electron chi connectivity index (χ3n) is 4.16. The summed E-state index contributed by atoms with van der Waals surface area (Å²) in [6, 6.07) is 14.0. The van der Waals surface area contributed by atoms with Gasteiger partial charge in [0.05, 0.1) is 11.0 Å². The monoisotopic (exact) mass is 321 g/mol. The van der Waals surface area contributed by atoms with Crippen LogP contribution in [-0.2, 0) is 17.8 Å². The lowest BCUT2D eigenvalue weighted by Gasteiger charge is -2.12. The van der Waals surface area contributed by atoms with Gasteiger partial charge in [0.15, 0.2) is 0 Å². The average Bonchev–Trinajstić information content (AvgIpc) is 2.88. The Morgan fingerprint density at radius 1 is 1.17 bits per heavy atom. The topological polar surface area (TPSA) is 46.9 Å². The maximum absolute atomic E-state index is 12.6. The van der Waals surface area contributed by atoms with E-state index in [2.05, 4.69) is 23.3 Å². The second kappa shape index (κ2) is 6.87. The van der Waals surface area contributed by atoms with Crippen LogP contribution in [0.3, 0.4) is 0 Å². The molecule has 0 atom stereocenters. The molecule has 4 heteroatoms. The molecule has 0 bridgehead atoms. The van der Waals surface area contributed by atoms with Crippen LogP contribution >= 0.6 is 0 Å². The first-order valence-electron chi connectivity index (χ1n) is 8.39. The van der Waals surface area contributed by atoms with Crippen LogP contribution in [-0.4, -0.2) is 15.5 Å². The quantitative estimate of drug-likeness (QED) is 0.764. The van der Waals surface area contributed by atoms with Crippen molar-refractivity contribution in [2.45, 2.75) is 40.2 Å². The zero-order valence-corrected chi connectivity index (χ0v) is 14.5. The minimum absolute atomic E-state index is 0.0255. The number of nitrogens with zero attached hydrogens (tertiary/aromatic N) is 2. The van der Waals surface area contributed by atoms with Gasteiger partial charge in [-0.15, -0.1) is 0 Å². The molecule has 3 aromatic rings. The van der Waals surface area contributed by atoms with Gasteiger partial charge >= 0.3 is 0 Å². The van der Waals surface area contributed by atoms with E-state index >= 15 is 0 Å². The lowest BCUT2D eigenvalue weighted by molar-refractivity contribution is -0.116. The number of benzene rings is 2. The summed E-state index contributed by atoms with van der Waals surface area (Å²) >= 11 is 0. The van der Waals surface area contributed by atoms with Gasteiger partial charge in [0.25, 0.3) is 0 Å². The molecular weight excluding hydrogens is 298 g/mol. The number of aromatic nitrogens is 2. The van der Waals surface area contributed by atoms with Crippen LogP contribution in [0.25, 0.3) is 11.0 Å². The van der Waals surface area contributed by atoms with Crippen molar-refractivity contribution >= 4 is 22.6 Å².